The van der Waals surface area contributed by atoms with Gasteiger partial charge in [-0.05, 0) is 29.7 Å². The van der Waals surface area contributed by atoms with E-state index in [1.807, 2.05) is 13.8 Å². The number of sulfonamides is 1. The molecule has 1 aromatic rings. The van der Waals surface area contributed by atoms with Gasteiger partial charge < -0.3 is 10.1 Å². The number of fused-ring (bicyclic) bond motifs is 1. The van der Waals surface area contributed by atoms with Crippen LogP contribution in [0.25, 0.3) is 0 Å². The maximum Gasteiger partial charge on any atom is 0.261 e. The fraction of sp³-hybridized carbons (Fsp3) is 0.462. The summed E-state index contributed by atoms with van der Waals surface area (Å²) in [5.41, 5.74) is 0.682. The second-order valence-electron chi connectivity index (χ2n) is 5.26. The maximum atomic E-state index is 11.9. The number of ether oxygens (including phenoxy) is 1. The zero-order chi connectivity index (χ0) is 14.9. The van der Waals surface area contributed by atoms with Crippen molar-refractivity contribution < 1.29 is 17.9 Å². The Kier molecular flexibility index (Phi) is 4.01. The van der Waals surface area contributed by atoms with Gasteiger partial charge in [0.05, 0.1) is 4.90 Å². The smallest absolute Gasteiger partial charge is 0.261 e. The number of primary sulfonamides is 1. The van der Waals surface area contributed by atoms with Gasteiger partial charge in [-0.3, -0.25) is 4.79 Å². The van der Waals surface area contributed by atoms with E-state index in [2.05, 4.69) is 5.32 Å². The van der Waals surface area contributed by atoms with E-state index in [4.69, 9.17) is 9.88 Å². The van der Waals surface area contributed by atoms with Crippen molar-refractivity contribution in [2.24, 2.45) is 11.1 Å². The Bertz CT molecular complexity index is 625. The molecule has 7 heteroatoms. The molecule has 2 rings (SSSR count). The van der Waals surface area contributed by atoms with Crippen molar-refractivity contribution in [3.8, 4) is 5.75 Å². The highest BCUT2D eigenvalue weighted by Gasteiger charge is 2.29. The maximum absolute atomic E-state index is 11.9. The van der Waals surface area contributed by atoms with E-state index in [0.717, 1.165) is 0 Å². The molecule has 0 aliphatic carbocycles. The molecule has 0 fully saturated rings. The lowest BCUT2D eigenvalue weighted by Gasteiger charge is -2.12. The quantitative estimate of drug-likeness (QED) is 0.841. The van der Waals surface area contributed by atoms with Gasteiger partial charge in [-0.15, -0.1) is 0 Å². The number of nitrogens with two attached hydrogens (primary N) is 1. The Morgan fingerprint density at radius 3 is 2.80 bits per heavy atom. The Morgan fingerprint density at radius 2 is 2.20 bits per heavy atom. The van der Waals surface area contributed by atoms with Gasteiger partial charge in [-0.25, -0.2) is 13.6 Å². The third-order valence-corrected chi connectivity index (χ3v) is 3.92. The third kappa shape index (κ3) is 3.29. The molecule has 20 heavy (non-hydrogen) atoms. The number of hydrogen-bond acceptors (Lipinski definition) is 4. The zero-order valence-electron chi connectivity index (χ0n) is 11.4. The highest BCUT2D eigenvalue weighted by molar-refractivity contribution is 7.89. The summed E-state index contributed by atoms with van der Waals surface area (Å²) in [6.45, 7) is 4.59. The predicted molar refractivity (Wildman–Crippen MR) is 73.8 cm³/mol. The molecule has 0 saturated heterocycles. The molecular weight excluding hydrogens is 280 g/mol. The number of hydrogen-bond donors (Lipinski definition) is 2. The normalized spacial score (nSPS) is 17.7. The molecule has 1 aliphatic rings. The summed E-state index contributed by atoms with van der Waals surface area (Å²) in [7, 11) is -3.74. The number of benzene rings is 1. The summed E-state index contributed by atoms with van der Waals surface area (Å²) in [4.78, 5) is 12.0. The first-order valence-corrected chi connectivity index (χ1v) is 7.92. The number of nitrogens with one attached hydrogen (secondary N) is 1. The molecule has 0 aromatic heterocycles. The van der Waals surface area contributed by atoms with Crippen LogP contribution in [0.4, 0.5) is 0 Å². The highest BCUT2D eigenvalue weighted by atomic mass is 32.2. The Morgan fingerprint density at radius 1 is 1.50 bits per heavy atom. The number of amides is 1. The van der Waals surface area contributed by atoms with Crippen LogP contribution in [0.15, 0.2) is 23.1 Å². The van der Waals surface area contributed by atoms with Crippen LogP contribution < -0.4 is 15.2 Å². The van der Waals surface area contributed by atoms with Gasteiger partial charge in [-0.2, -0.15) is 0 Å². The molecule has 0 saturated carbocycles. The number of carbonyl (C=O) groups is 1. The molecule has 0 bridgehead atoms. The molecule has 6 nitrogen and oxygen atoms in total. The average molecular weight is 298 g/mol. The van der Waals surface area contributed by atoms with Crippen LogP contribution in [0.1, 0.15) is 19.4 Å². The fourth-order valence-electron chi connectivity index (χ4n) is 1.97. The first kappa shape index (κ1) is 14.8. The zero-order valence-corrected chi connectivity index (χ0v) is 12.2. The Hall–Kier alpha value is -1.60. The summed E-state index contributed by atoms with van der Waals surface area (Å²) in [6, 6.07) is 4.37. The highest BCUT2D eigenvalue weighted by Crippen LogP contribution is 2.30. The summed E-state index contributed by atoms with van der Waals surface area (Å²) < 4.78 is 28.1. The molecule has 1 aromatic carbocycles. The molecule has 3 N–H and O–H groups in total. The molecule has 110 valence electrons. The van der Waals surface area contributed by atoms with Crippen molar-refractivity contribution in [2.45, 2.75) is 31.3 Å². The second kappa shape index (κ2) is 5.41. The van der Waals surface area contributed by atoms with E-state index in [1.165, 1.54) is 18.2 Å². The van der Waals surface area contributed by atoms with Crippen LogP contribution in [0.5, 0.6) is 5.75 Å². The van der Waals surface area contributed by atoms with Crippen LogP contribution in [0, 0.1) is 5.92 Å². The van der Waals surface area contributed by atoms with Gasteiger partial charge in [0.15, 0.2) is 6.10 Å². The monoisotopic (exact) mass is 298 g/mol. The van der Waals surface area contributed by atoms with E-state index in [0.29, 0.717) is 30.2 Å². The summed E-state index contributed by atoms with van der Waals surface area (Å²) in [5.74, 6) is 0.700. The van der Waals surface area contributed by atoms with Crippen molar-refractivity contribution >= 4 is 15.9 Å². The Balaban J connectivity index is 2.10. The van der Waals surface area contributed by atoms with E-state index in [1.54, 1.807) is 0 Å². The van der Waals surface area contributed by atoms with E-state index in [9.17, 15) is 13.2 Å². The van der Waals surface area contributed by atoms with Gasteiger partial charge in [0, 0.05) is 13.0 Å². The van der Waals surface area contributed by atoms with Crippen LogP contribution in [0.3, 0.4) is 0 Å². The molecular formula is C13H18N2O4S. The van der Waals surface area contributed by atoms with Crippen molar-refractivity contribution in [1.29, 1.82) is 0 Å². The first-order valence-electron chi connectivity index (χ1n) is 6.37. The van der Waals surface area contributed by atoms with Crippen molar-refractivity contribution in [2.75, 3.05) is 6.54 Å². The van der Waals surface area contributed by atoms with Gasteiger partial charge in [0.25, 0.3) is 5.91 Å². The van der Waals surface area contributed by atoms with Crippen molar-refractivity contribution in [3.05, 3.63) is 23.8 Å². The van der Waals surface area contributed by atoms with E-state index >= 15 is 0 Å². The number of carbonyl (C=O) groups excluding carboxylic acids is 1. The molecule has 1 heterocycles. The van der Waals surface area contributed by atoms with Gasteiger partial charge >= 0.3 is 0 Å². The minimum Gasteiger partial charge on any atom is -0.480 e. The molecule has 0 radical (unpaired) electrons. The molecule has 1 aliphatic heterocycles. The van der Waals surface area contributed by atoms with E-state index in [-0.39, 0.29) is 10.8 Å². The van der Waals surface area contributed by atoms with Crippen LogP contribution in [-0.4, -0.2) is 27.0 Å². The minimum atomic E-state index is -3.74. The topological polar surface area (TPSA) is 98.5 Å². The van der Waals surface area contributed by atoms with Gasteiger partial charge in [-0.1, -0.05) is 13.8 Å². The molecule has 0 spiro atoms. The third-order valence-electron chi connectivity index (χ3n) is 3.01. The lowest BCUT2D eigenvalue weighted by atomic mass is 10.1. The largest absolute Gasteiger partial charge is 0.480 e. The molecule has 1 unspecified atom stereocenters. The fourth-order valence-corrected chi connectivity index (χ4v) is 2.53. The lowest BCUT2D eigenvalue weighted by molar-refractivity contribution is -0.127. The summed E-state index contributed by atoms with van der Waals surface area (Å²) >= 11 is 0. The first-order chi connectivity index (χ1) is 9.27. The van der Waals surface area contributed by atoms with Crippen molar-refractivity contribution in [3.63, 3.8) is 0 Å². The summed E-state index contributed by atoms with van der Waals surface area (Å²) in [5, 5.41) is 7.88. The van der Waals surface area contributed by atoms with Crippen LogP contribution in [0.2, 0.25) is 0 Å². The lowest BCUT2D eigenvalue weighted by Crippen LogP contribution is -2.39. The molecule has 1 amide bonds. The Labute approximate surface area is 118 Å². The van der Waals surface area contributed by atoms with Crippen LogP contribution >= 0.6 is 0 Å². The van der Waals surface area contributed by atoms with E-state index < -0.39 is 16.1 Å². The predicted octanol–water partition coefficient (Wildman–Crippen LogP) is 0.410. The SMILES string of the molecule is CC(C)CNC(=O)C1Cc2cc(S(N)(=O)=O)ccc2O1. The van der Waals surface area contributed by atoms with Gasteiger partial charge in [0.1, 0.15) is 5.75 Å². The van der Waals surface area contributed by atoms with Gasteiger partial charge in [0.2, 0.25) is 10.0 Å². The standard InChI is InChI=1S/C13H18N2O4S/c1-8(2)7-15-13(16)12-6-9-5-10(20(14,17)18)3-4-11(9)19-12/h3-5,8,12H,6-7H2,1-2H3,(H,15,16)(H2,14,17,18). The van der Waals surface area contributed by atoms with Crippen molar-refractivity contribution in [1.82, 2.24) is 5.32 Å². The number of rotatable bonds is 4. The molecule has 1 atom stereocenters. The van der Waals surface area contributed by atoms with Crippen LogP contribution in [-0.2, 0) is 21.2 Å². The average Bonchev–Trinajstić information content (AvgIpc) is 2.77. The summed E-state index contributed by atoms with van der Waals surface area (Å²) in [6.07, 6.45) is -0.262. The minimum absolute atomic E-state index is 0.0306. The second-order valence-corrected chi connectivity index (χ2v) is 6.83.